The van der Waals surface area contributed by atoms with E-state index in [0.717, 1.165) is 32.5 Å². The third-order valence-corrected chi connectivity index (χ3v) is 5.54. The van der Waals surface area contributed by atoms with Crippen LogP contribution in [0.2, 0.25) is 0 Å². The Bertz CT molecular complexity index is 890. The zero-order valence-corrected chi connectivity index (χ0v) is 19.3. The Hall–Kier alpha value is -2.83. The molecule has 0 saturated carbocycles. The fourth-order valence-corrected chi connectivity index (χ4v) is 3.87. The Morgan fingerprint density at radius 2 is 1.88 bits per heavy atom. The Balaban J connectivity index is 1.57. The fraction of sp³-hybridized carbons (Fsp3) is 0.423. The van der Waals surface area contributed by atoms with Crippen LogP contribution < -0.4 is 14.8 Å². The first-order valence-electron chi connectivity index (χ1n) is 11.2. The molecule has 3 rings (SSSR count). The maximum absolute atomic E-state index is 12.6. The second-order valence-electron chi connectivity index (χ2n) is 8.11. The Morgan fingerprint density at radius 3 is 2.56 bits per heavy atom. The molecule has 6 heteroatoms. The zero-order chi connectivity index (χ0) is 22.8. The highest BCUT2D eigenvalue weighted by molar-refractivity contribution is 5.97. The van der Waals surface area contributed by atoms with Gasteiger partial charge in [0.25, 0.3) is 5.91 Å². The van der Waals surface area contributed by atoms with Crippen LogP contribution in [-0.4, -0.2) is 63.9 Å². The summed E-state index contributed by atoms with van der Waals surface area (Å²) >= 11 is 0. The summed E-state index contributed by atoms with van der Waals surface area (Å²) in [7, 11) is 3.22. The van der Waals surface area contributed by atoms with Crippen LogP contribution in [-0.2, 0) is 4.74 Å². The highest BCUT2D eigenvalue weighted by atomic mass is 16.5. The summed E-state index contributed by atoms with van der Waals surface area (Å²) in [5.41, 5.74) is 3.10. The van der Waals surface area contributed by atoms with Crippen LogP contribution in [0.15, 0.2) is 54.1 Å². The number of benzene rings is 2. The van der Waals surface area contributed by atoms with E-state index in [0.29, 0.717) is 30.2 Å². The van der Waals surface area contributed by atoms with Gasteiger partial charge in [0.2, 0.25) is 0 Å². The Labute approximate surface area is 191 Å². The van der Waals surface area contributed by atoms with Crippen molar-refractivity contribution in [1.82, 2.24) is 10.2 Å². The number of nitrogens with zero attached hydrogens (tertiary/aromatic N) is 1. The van der Waals surface area contributed by atoms with E-state index in [9.17, 15) is 4.79 Å². The third kappa shape index (κ3) is 7.11. The van der Waals surface area contributed by atoms with Crippen molar-refractivity contribution in [3.8, 4) is 11.5 Å². The SMILES string of the molecule is COCCNC(=O)c1ccc(OC)cc1OC1CCN(C/C(C)=C/c2ccccc2)CC1. The molecule has 1 fully saturated rings. The zero-order valence-electron chi connectivity index (χ0n) is 19.3. The largest absolute Gasteiger partial charge is 0.497 e. The van der Waals surface area contributed by atoms with E-state index in [1.165, 1.54) is 11.1 Å². The third-order valence-electron chi connectivity index (χ3n) is 5.54. The van der Waals surface area contributed by atoms with Crippen molar-refractivity contribution in [2.75, 3.05) is 47.0 Å². The molecule has 0 radical (unpaired) electrons. The summed E-state index contributed by atoms with van der Waals surface area (Å²) in [5.74, 6) is 1.07. The van der Waals surface area contributed by atoms with Gasteiger partial charge in [-0.05, 0) is 37.5 Å². The monoisotopic (exact) mass is 438 g/mol. The van der Waals surface area contributed by atoms with Gasteiger partial charge in [-0.1, -0.05) is 42.0 Å². The summed E-state index contributed by atoms with van der Waals surface area (Å²) in [6.07, 6.45) is 4.15. The number of hydrogen-bond donors (Lipinski definition) is 1. The summed E-state index contributed by atoms with van der Waals surface area (Å²) in [6, 6.07) is 15.7. The molecule has 1 aliphatic rings. The molecule has 2 aromatic rings. The molecule has 1 aliphatic heterocycles. The van der Waals surface area contributed by atoms with Gasteiger partial charge >= 0.3 is 0 Å². The Morgan fingerprint density at radius 1 is 1.12 bits per heavy atom. The summed E-state index contributed by atoms with van der Waals surface area (Å²) in [6.45, 7) is 5.98. The van der Waals surface area contributed by atoms with Gasteiger partial charge in [-0.2, -0.15) is 0 Å². The van der Waals surface area contributed by atoms with Crippen molar-refractivity contribution in [2.45, 2.75) is 25.9 Å². The van der Waals surface area contributed by atoms with E-state index in [2.05, 4.69) is 47.5 Å². The molecular weight excluding hydrogens is 404 g/mol. The lowest BCUT2D eigenvalue weighted by molar-refractivity contribution is 0.0903. The molecule has 0 spiro atoms. The molecule has 172 valence electrons. The molecular formula is C26H34N2O4. The van der Waals surface area contributed by atoms with Gasteiger partial charge < -0.3 is 19.5 Å². The molecule has 0 aromatic heterocycles. The van der Waals surface area contributed by atoms with Crippen molar-refractivity contribution in [3.05, 3.63) is 65.2 Å². The van der Waals surface area contributed by atoms with Gasteiger partial charge in [-0.25, -0.2) is 0 Å². The molecule has 2 aromatic carbocycles. The number of nitrogens with one attached hydrogen (secondary N) is 1. The number of piperidine rings is 1. The van der Waals surface area contributed by atoms with Gasteiger partial charge in [0.15, 0.2) is 0 Å². The standard InChI is InChI=1S/C26H34N2O4/c1-20(17-21-7-5-4-6-8-21)19-28-14-11-22(12-15-28)32-25-18-23(31-3)9-10-24(25)26(29)27-13-16-30-2/h4-10,17-18,22H,11-16,19H2,1-3H3,(H,27,29)/b20-17+. The van der Waals surface area contributed by atoms with Crippen molar-refractivity contribution in [1.29, 1.82) is 0 Å². The van der Waals surface area contributed by atoms with Crippen LogP contribution in [0, 0.1) is 0 Å². The van der Waals surface area contributed by atoms with Gasteiger partial charge in [0, 0.05) is 39.4 Å². The molecule has 0 unspecified atom stereocenters. The number of carbonyl (C=O) groups is 1. The molecule has 1 N–H and O–H groups in total. The van der Waals surface area contributed by atoms with Gasteiger partial charge in [0.1, 0.15) is 17.6 Å². The molecule has 6 nitrogen and oxygen atoms in total. The van der Waals surface area contributed by atoms with Gasteiger partial charge in [-0.15, -0.1) is 0 Å². The minimum absolute atomic E-state index is 0.0716. The Kier molecular flexibility index (Phi) is 9.13. The topological polar surface area (TPSA) is 60.0 Å². The number of methoxy groups -OCH3 is 2. The number of carbonyl (C=O) groups excluding carboxylic acids is 1. The number of likely N-dealkylation sites (tertiary alicyclic amines) is 1. The first-order valence-corrected chi connectivity index (χ1v) is 11.2. The summed E-state index contributed by atoms with van der Waals surface area (Å²) < 4.78 is 16.6. The summed E-state index contributed by atoms with van der Waals surface area (Å²) in [4.78, 5) is 15.1. The van der Waals surface area contributed by atoms with Crippen molar-refractivity contribution in [2.24, 2.45) is 0 Å². The van der Waals surface area contributed by atoms with Crippen molar-refractivity contribution in [3.63, 3.8) is 0 Å². The lowest BCUT2D eigenvalue weighted by Gasteiger charge is -2.32. The smallest absolute Gasteiger partial charge is 0.255 e. The molecule has 0 atom stereocenters. The lowest BCUT2D eigenvalue weighted by atomic mass is 10.1. The quantitative estimate of drug-likeness (QED) is 0.568. The van der Waals surface area contributed by atoms with Gasteiger partial charge in [0.05, 0.1) is 19.3 Å². The van der Waals surface area contributed by atoms with Crippen LogP contribution >= 0.6 is 0 Å². The second-order valence-corrected chi connectivity index (χ2v) is 8.11. The second kappa shape index (κ2) is 12.3. The highest BCUT2D eigenvalue weighted by Crippen LogP contribution is 2.28. The molecule has 32 heavy (non-hydrogen) atoms. The molecule has 1 heterocycles. The normalized spacial score (nSPS) is 15.4. The van der Waals surface area contributed by atoms with Gasteiger partial charge in [-0.3, -0.25) is 9.69 Å². The minimum atomic E-state index is -0.168. The first-order chi connectivity index (χ1) is 15.6. The maximum Gasteiger partial charge on any atom is 0.255 e. The van der Waals surface area contributed by atoms with E-state index in [4.69, 9.17) is 14.2 Å². The first kappa shape index (κ1) is 23.8. The minimum Gasteiger partial charge on any atom is -0.497 e. The van der Waals surface area contributed by atoms with Crippen molar-refractivity contribution >= 4 is 12.0 Å². The van der Waals surface area contributed by atoms with E-state index in [-0.39, 0.29) is 12.0 Å². The fourth-order valence-electron chi connectivity index (χ4n) is 3.87. The predicted molar refractivity (Wildman–Crippen MR) is 127 cm³/mol. The molecule has 1 amide bonds. The molecule has 0 aliphatic carbocycles. The van der Waals surface area contributed by atoms with Crippen LogP contribution in [0.5, 0.6) is 11.5 Å². The van der Waals surface area contributed by atoms with Crippen LogP contribution in [0.25, 0.3) is 6.08 Å². The van der Waals surface area contributed by atoms with E-state index in [1.54, 1.807) is 32.4 Å². The predicted octanol–water partition coefficient (Wildman–Crippen LogP) is 4.02. The van der Waals surface area contributed by atoms with Crippen LogP contribution in [0.3, 0.4) is 0 Å². The highest BCUT2D eigenvalue weighted by Gasteiger charge is 2.23. The van der Waals surface area contributed by atoms with Crippen LogP contribution in [0.4, 0.5) is 0 Å². The molecule has 1 saturated heterocycles. The average Bonchev–Trinajstić information content (AvgIpc) is 2.81. The van der Waals surface area contributed by atoms with E-state index >= 15 is 0 Å². The maximum atomic E-state index is 12.6. The average molecular weight is 439 g/mol. The van der Waals surface area contributed by atoms with Crippen molar-refractivity contribution < 1.29 is 19.0 Å². The number of amides is 1. The summed E-state index contributed by atoms with van der Waals surface area (Å²) in [5, 5.41) is 2.86. The molecule has 0 bridgehead atoms. The number of hydrogen-bond acceptors (Lipinski definition) is 5. The lowest BCUT2D eigenvalue weighted by Crippen LogP contribution is -2.39. The van der Waals surface area contributed by atoms with Crippen LogP contribution in [0.1, 0.15) is 35.7 Å². The van der Waals surface area contributed by atoms with E-state index in [1.807, 2.05) is 6.07 Å². The number of ether oxygens (including phenoxy) is 3. The van der Waals surface area contributed by atoms with E-state index < -0.39 is 0 Å². The number of rotatable bonds is 10.